The molecule has 0 heterocycles. The van der Waals surface area contributed by atoms with E-state index in [9.17, 15) is 14.7 Å². The quantitative estimate of drug-likeness (QED) is 0.777. The number of carbonyl (C=O) groups excluding carboxylic acids is 1. The van der Waals surface area contributed by atoms with E-state index >= 15 is 0 Å². The summed E-state index contributed by atoms with van der Waals surface area (Å²) in [6.07, 6.45) is 0. The van der Waals surface area contributed by atoms with Crippen molar-refractivity contribution in [1.29, 1.82) is 5.26 Å². The molecule has 1 atom stereocenters. The summed E-state index contributed by atoms with van der Waals surface area (Å²) in [5, 5.41) is 20.8. The third-order valence-corrected chi connectivity index (χ3v) is 3.78. The van der Waals surface area contributed by atoms with Crippen molar-refractivity contribution in [2.45, 2.75) is 19.9 Å². The monoisotopic (exact) mass is 368 g/mol. The van der Waals surface area contributed by atoms with E-state index in [1.165, 1.54) is 25.3 Å². The summed E-state index contributed by atoms with van der Waals surface area (Å²) in [5.41, 5.74) is 2.70. The molecule has 2 N–H and O–H groups in total. The van der Waals surface area contributed by atoms with E-state index in [1.807, 2.05) is 26.0 Å². The van der Waals surface area contributed by atoms with E-state index < -0.39 is 24.5 Å². The number of nitrogens with one attached hydrogen (secondary N) is 1. The van der Waals surface area contributed by atoms with E-state index in [-0.39, 0.29) is 5.75 Å². The zero-order chi connectivity index (χ0) is 20.0. The maximum atomic E-state index is 12.2. The van der Waals surface area contributed by atoms with Gasteiger partial charge in [0.2, 0.25) is 0 Å². The van der Waals surface area contributed by atoms with Gasteiger partial charge in [0.15, 0.2) is 24.1 Å². The minimum atomic E-state index is -1.18. The molecule has 0 saturated heterocycles. The largest absolute Gasteiger partial charge is 0.493 e. The Morgan fingerprint density at radius 3 is 2.37 bits per heavy atom. The number of carboxylic acids is 1. The van der Waals surface area contributed by atoms with Gasteiger partial charge in [0.1, 0.15) is 0 Å². The van der Waals surface area contributed by atoms with Crippen molar-refractivity contribution >= 4 is 11.9 Å². The summed E-state index contributed by atoms with van der Waals surface area (Å²) >= 11 is 0. The topological polar surface area (TPSA) is 109 Å². The van der Waals surface area contributed by atoms with Crippen molar-refractivity contribution in [3.05, 3.63) is 58.7 Å². The molecule has 0 fully saturated rings. The molecule has 0 radical (unpaired) electrons. The highest BCUT2D eigenvalue weighted by Crippen LogP contribution is 2.27. The number of aliphatic carboxylic acids is 1. The molecule has 0 aliphatic rings. The summed E-state index contributed by atoms with van der Waals surface area (Å²) in [6, 6.07) is 10.7. The van der Waals surface area contributed by atoms with Crippen LogP contribution in [0.1, 0.15) is 28.3 Å². The van der Waals surface area contributed by atoms with Gasteiger partial charge in [0.05, 0.1) is 18.7 Å². The number of aryl methyl sites for hydroxylation is 2. The van der Waals surface area contributed by atoms with E-state index in [4.69, 9.17) is 14.7 Å². The Morgan fingerprint density at radius 1 is 1.15 bits per heavy atom. The number of ether oxygens (including phenoxy) is 2. The fourth-order valence-electron chi connectivity index (χ4n) is 2.67. The number of carbonyl (C=O) groups is 2. The number of nitriles is 1. The number of hydrogen-bond donors (Lipinski definition) is 2. The van der Waals surface area contributed by atoms with Gasteiger partial charge in [-0.15, -0.1) is 0 Å². The molecule has 0 aliphatic heterocycles. The van der Waals surface area contributed by atoms with Gasteiger partial charge in [-0.2, -0.15) is 5.26 Å². The molecule has 0 aromatic heterocycles. The van der Waals surface area contributed by atoms with Crippen molar-refractivity contribution in [3.8, 4) is 17.6 Å². The molecule has 2 aromatic carbocycles. The highest BCUT2D eigenvalue weighted by molar-refractivity contribution is 5.85. The molecule has 2 rings (SSSR count). The van der Waals surface area contributed by atoms with E-state index in [0.29, 0.717) is 16.9 Å². The second-order valence-electron chi connectivity index (χ2n) is 6.03. The highest BCUT2D eigenvalue weighted by Gasteiger charge is 2.23. The summed E-state index contributed by atoms with van der Waals surface area (Å²) < 4.78 is 10.5. The number of amides is 1. The van der Waals surface area contributed by atoms with Gasteiger partial charge in [-0.25, -0.2) is 4.79 Å². The molecule has 7 heteroatoms. The standard InChI is InChI=1S/C20H20N2O5/c1-12-6-13(2)8-15(7-12)19(20(24)25)22-18(23)11-27-16-5-4-14(10-21)9-17(16)26-3/h4-9,19H,11H2,1-3H3,(H,22,23)(H,24,25). The Bertz CT molecular complexity index is 881. The Kier molecular flexibility index (Phi) is 6.39. The first-order chi connectivity index (χ1) is 12.8. The first-order valence-electron chi connectivity index (χ1n) is 8.15. The number of hydrogen-bond acceptors (Lipinski definition) is 5. The van der Waals surface area contributed by atoms with Gasteiger partial charge in [-0.3, -0.25) is 4.79 Å². The van der Waals surface area contributed by atoms with E-state index in [1.54, 1.807) is 12.1 Å². The van der Waals surface area contributed by atoms with Gasteiger partial charge in [0, 0.05) is 6.07 Å². The third-order valence-electron chi connectivity index (χ3n) is 3.78. The number of methoxy groups -OCH3 is 1. The third kappa shape index (κ3) is 5.22. The molecular formula is C20H20N2O5. The molecule has 27 heavy (non-hydrogen) atoms. The van der Waals surface area contributed by atoms with Gasteiger partial charge in [-0.05, 0) is 31.5 Å². The number of benzene rings is 2. The second-order valence-corrected chi connectivity index (χ2v) is 6.03. The molecule has 2 aromatic rings. The van der Waals surface area contributed by atoms with Crippen LogP contribution in [0, 0.1) is 25.2 Å². The second kappa shape index (κ2) is 8.72. The first-order valence-corrected chi connectivity index (χ1v) is 8.15. The molecule has 7 nitrogen and oxygen atoms in total. The molecule has 0 spiro atoms. The van der Waals surface area contributed by atoms with Crippen LogP contribution in [0.4, 0.5) is 0 Å². The van der Waals surface area contributed by atoms with Crippen LogP contribution in [0.25, 0.3) is 0 Å². The molecule has 0 bridgehead atoms. The smallest absolute Gasteiger partial charge is 0.330 e. The molecular weight excluding hydrogens is 348 g/mol. The van der Waals surface area contributed by atoms with Crippen LogP contribution in [0.15, 0.2) is 36.4 Å². The summed E-state index contributed by atoms with van der Waals surface area (Å²) in [6.45, 7) is 3.33. The SMILES string of the molecule is COc1cc(C#N)ccc1OCC(=O)NC(C(=O)O)c1cc(C)cc(C)c1. The molecule has 1 unspecified atom stereocenters. The Hall–Kier alpha value is -3.53. The zero-order valence-corrected chi connectivity index (χ0v) is 15.3. The predicted molar refractivity (Wildman–Crippen MR) is 97.6 cm³/mol. The van der Waals surface area contributed by atoms with Gasteiger partial charge >= 0.3 is 5.97 Å². The van der Waals surface area contributed by atoms with Gasteiger partial charge in [0.25, 0.3) is 5.91 Å². The minimum Gasteiger partial charge on any atom is -0.493 e. The number of rotatable bonds is 7. The Morgan fingerprint density at radius 2 is 1.81 bits per heavy atom. The van der Waals surface area contributed by atoms with Crippen molar-refractivity contribution < 1.29 is 24.2 Å². The molecule has 0 aliphatic carbocycles. The van der Waals surface area contributed by atoms with Crippen LogP contribution >= 0.6 is 0 Å². The van der Waals surface area contributed by atoms with Crippen molar-refractivity contribution in [3.63, 3.8) is 0 Å². The van der Waals surface area contributed by atoms with Crippen LogP contribution in [0.2, 0.25) is 0 Å². The van der Waals surface area contributed by atoms with Gasteiger partial charge in [-0.1, -0.05) is 29.3 Å². The molecule has 140 valence electrons. The fraction of sp³-hybridized carbons (Fsp3) is 0.250. The highest BCUT2D eigenvalue weighted by atomic mass is 16.5. The minimum absolute atomic E-state index is 0.282. The van der Waals surface area contributed by atoms with Crippen LogP contribution in [0.5, 0.6) is 11.5 Å². The average molecular weight is 368 g/mol. The van der Waals surface area contributed by atoms with Crippen molar-refractivity contribution in [2.24, 2.45) is 0 Å². The predicted octanol–water partition coefficient (Wildman–Crippen LogP) is 2.50. The lowest BCUT2D eigenvalue weighted by atomic mass is 10.0. The van der Waals surface area contributed by atoms with E-state index in [2.05, 4.69) is 5.32 Å². The molecule has 1 amide bonds. The maximum Gasteiger partial charge on any atom is 0.330 e. The van der Waals surface area contributed by atoms with Gasteiger partial charge < -0.3 is 19.9 Å². The van der Waals surface area contributed by atoms with Crippen molar-refractivity contribution in [2.75, 3.05) is 13.7 Å². The Labute approximate surface area is 157 Å². The summed E-state index contributed by atoms with van der Waals surface area (Å²) in [7, 11) is 1.42. The maximum absolute atomic E-state index is 12.2. The zero-order valence-electron chi connectivity index (χ0n) is 15.3. The van der Waals surface area contributed by atoms with E-state index in [0.717, 1.165) is 11.1 Å². The lowest BCUT2D eigenvalue weighted by molar-refractivity contribution is -0.142. The van der Waals surface area contributed by atoms with Crippen LogP contribution in [-0.2, 0) is 9.59 Å². The lowest BCUT2D eigenvalue weighted by Crippen LogP contribution is -2.36. The van der Waals surface area contributed by atoms with Crippen LogP contribution in [-0.4, -0.2) is 30.7 Å². The normalized spacial score (nSPS) is 11.2. The Balaban J connectivity index is 2.09. The van der Waals surface area contributed by atoms with Crippen LogP contribution in [0.3, 0.4) is 0 Å². The first kappa shape index (κ1) is 19.8. The summed E-state index contributed by atoms with van der Waals surface area (Å²) in [4.78, 5) is 23.8. The number of carboxylic acid groups (broad SMARTS) is 1. The van der Waals surface area contributed by atoms with Crippen molar-refractivity contribution in [1.82, 2.24) is 5.32 Å². The van der Waals surface area contributed by atoms with Crippen LogP contribution < -0.4 is 14.8 Å². The summed E-state index contributed by atoms with van der Waals surface area (Å²) in [5.74, 6) is -1.16. The average Bonchev–Trinajstić information content (AvgIpc) is 2.63. The lowest BCUT2D eigenvalue weighted by Gasteiger charge is -2.17. The molecule has 0 saturated carbocycles. The number of nitrogens with zero attached hydrogens (tertiary/aromatic N) is 1. The fourth-order valence-corrected chi connectivity index (χ4v) is 2.67.